The normalized spacial score (nSPS) is 19.8. The van der Waals surface area contributed by atoms with Gasteiger partial charge in [0.1, 0.15) is 0 Å². The minimum absolute atomic E-state index is 0.219. The molecule has 1 fully saturated rings. The molecule has 0 saturated carbocycles. The highest BCUT2D eigenvalue weighted by molar-refractivity contribution is 7.89. The van der Waals surface area contributed by atoms with E-state index in [-0.39, 0.29) is 10.3 Å². The third kappa shape index (κ3) is 2.96. The van der Waals surface area contributed by atoms with Crippen LogP contribution < -0.4 is 0 Å². The number of rotatable bonds is 2. The molecule has 0 unspecified atom stereocenters. The molecule has 0 bridgehead atoms. The van der Waals surface area contributed by atoms with Crippen molar-refractivity contribution in [1.29, 1.82) is 5.26 Å². The smallest absolute Gasteiger partial charge is 0.207 e. The summed E-state index contributed by atoms with van der Waals surface area (Å²) in [4.78, 5) is 0.270. The summed E-state index contributed by atoms with van der Waals surface area (Å²) in [5.74, 6) is 0. The fraction of sp³-hybridized carbons (Fsp3) is 0.500. The Labute approximate surface area is 114 Å². The zero-order valence-electron chi connectivity index (χ0n) is 11.3. The Morgan fingerprint density at radius 3 is 2.16 bits per heavy atom. The van der Waals surface area contributed by atoms with Crippen molar-refractivity contribution < 1.29 is 8.42 Å². The maximum absolute atomic E-state index is 12.4. The Morgan fingerprint density at radius 2 is 1.68 bits per heavy atom. The van der Waals surface area contributed by atoms with Gasteiger partial charge in [0.15, 0.2) is 0 Å². The van der Waals surface area contributed by atoms with Gasteiger partial charge in [0.25, 0.3) is 0 Å². The molecule has 0 spiro atoms. The Kier molecular flexibility index (Phi) is 3.66. The molecular weight excluding hydrogens is 260 g/mol. The van der Waals surface area contributed by atoms with E-state index in [1.807, 2.05) is 6.07 Å². The first-order valence-corrected chi connectivity index (χ1v) is 7.79. The topological polar surface area (TPSA) is 61.2 Å². The number of nitriles is 1. The van der Waals surface area contributed by atoms with E-state index in [0.717, 1.165) is 12.8 Å². The highest BCUT2D eigenvalue weighted by Crippen LogP contribution is 2.32. The zero-order chi connectivity index (χ0) is 14.1. The van der Waals surface area contributed by atoms with Crippen LogP contribution in [0.15, 0.2) is 29.2 Å². The van der Waals surface area contributed by atoms with Gasteiger partial charge in [-0.25, -0.2) is 8.42 Å². The largest absolute Gasteiger partial charge is 0.243 e. The minimum Gasteiger partial charge on any atom is -0.207 e. The molecule has 0 atom stereocenters. The van der Waals surface area contributed by atoms with E-state index < -0.39 is 10.0 Å². The van der Waals surface area contributed by atoms with Crippen LogP contribution in [-0.2, 0) is 10.0 Å². The summed E-state index contributed by atoms with van der Waals surface area (Å²) in [5.41, 5.74) is 0.690. The van der Waals surface area contributed by atoms with E-state index in [9.17, 15) is 8.42 Å². The average Bonchev–Trinajstić information content (AvgIpc) is 2.38. The van der Waals surface area contributed by atoms with Crippen molar-refractivity contribution in [2.45, 2.75) is 31.6 Å². The zero-order valence-corrected chi connectivity index (χ0v) is 12.1. The van der Waals surface area contributed by atoms with Gasteiger partial charge in [0.2, 0.25) is 10.0 Å². The van der Waals surface area contributed by atoms with Crippen LogP contribution in [0.25, 0.3) is 0 Å². The van der Waals surface area contributed by atoms with E-state index >= 15 is 0 Å². The molecule has 0 amide bonds. The summed E-state index contributed by atoms with van der Waals surface area (Å²) < 4.78 is 26.4. The van der Waals surface area contributed by atoms with Crippen molar-refractivity contribution in [1.82, 2.24) is 4.31 Å². The summed E-state index contributed by atoms with van der Waals surface area (Å²) in [6, 6.07) is 8.09. The van der Waals surface area contributed by atoms with Crippen LogP contribution in [0.2, 0.25) is 0 Å². The molecule has 0 aliphatic carbocycles. The van der Waals surface area contributed by atoms with E-state index in [4.69, 9.17) is 5.26 Å². The first-order chi connectivity index (χ1) is 8.85. The van der Waals surface area contributed by atoms with Gasteiger partial charge >= 0.3 is 0 Å². The fourth-order valence-electron chi connectivity index (χ4n) is 2.18. The van der Waals surface area contributed by atoms with E-state index in [1.54, 1.807) is 16.4 Å². The van der Waals surface area contributed by atoms with Crippen molar-refractivity contribution in [2.75, 3.05) is 13.1 Å². The first kappa shape index (κ1) is 14.0. The van der Waals surface area contributed by atoms with Crippen molar-refractivity contribution in [3.63, 3.8) is 0 Å². The molecule has 5 heteroatoms. The van der Waals surface area contributed by atoms with Crippen LogP contribution in [0, 0.1) is 16.7 Å². The van der Waals surface area contributed by atoms with Crippen molar-refractivity contribution in [3.8, 4) is 6.07 Å². The summed E-state index contributed by atoms with van der Waals surface area (Å²) in [6.07, 6.45) is 1.75. The third-order valence-corrected chi connectivity index (χ3v) is 5.61. The van der Waals surface area contributed by atoms with Gasteiger partial charge < -0.3 is 0 Å². The summed E-state index contributed by atoms with van der Waals surface area (Å²) >= 11 is 0. The Morgan fingerprint density at radius 1 is 1.16 bits per heavy atom. The molecule has 102 valence electrons. The molecular formula is C14H18N2O2S. The summed E-state index contributed by atoms with van der Waals surface area (Å²) in [7, 11) is -3.41. The molecule has 1 aromatic carbocycles. The molecule has 1 saturated heterocycles. The van der Waals surface area contributed by atoms with Crippen molar-refractivity contribution in [3.05, 3.63) is 29.8 Å². The van der Waals surface area contributed by atoms with Gasteiger partial charge in [-0.1, -0.05) is 13.8 Å². The minimum atomic E-state index is -3.41. The maximum atomic E-state index is 12.4. The molecule has 0 aromatic heterocycles. The predicted molar refractivity (Wildman–Crippen MR) is 72.9 cm³/mol. The van der Waals surface area contributed by atoms with Crippen molar-refractivity contribution >= 4 is 10.0 Å². The van der Waals surface area contributed by atoms with Gasteiger partial charge in [0, 0.05) is 13.1 Å². The molecule has 1 aliphatic heterocycles. The van der Waals surface area contributed by atoms with Crippen LogP contribution in [0.3, 0.4) is 0 Å². The highest BCUT2D eigenvalue weighted by atomic mass is 32.2. The monoisotopic (exact) mass is 278 g/mol. The lowest BCUT2D eigenvalue weighted by atomic mass is 9.83. The molecule has 1 aromatic rings. The average molecular weight is 278 g/mol. The second kappa shape index (κ2) is 4.95. The van der Waals surface area contributed by atoms with E-state index in [2.05, 4.69) is 13.8 Å². The van der Waals surface area contributed by atoms with Crippen molar-refractivity contribution in [2.24, 2.45) is 5.41 Å². The number of piperidine rings is 1. The van der Waals surface area contributed by atoms with Gasteiger partial charge in [-0.05, 0) is 42.5 Å². The lowest BCUT2D eigenvalue weighted by Gasteiger charge is -2.36. The molecule has 1 aliphatic rings. The summed E-state index contributed by atoms with van der Waals surface area (Å²) in [6.45, 7) is 5.46. The van der Waals surface area contributed by atoms with Gasteiger partial charge in [-0.15, -0.1) is 0 Å². The van der Waals surface area contributed by atoms with Crippen LogP contribution >= 0.6 is 0 Å². The second-order valence-electron chi connectivity index (χ2n) is 5.70. The Hall–Kier alpha value is -1.38. The molecule has 2 rings (SSSR count). The van der Waals surface area contributed by atoms with Crippen LogP contribution in [-0.4, -0.2) is 25.8 Å². The van der Waals surface area contributed by atoms with Gasteiger partial charge in [-0.3, -0.25) is 0 Å². The maximum Gasteiger partial charge on any atom is 0.243 e. The molecule has 1 heterocycles. The Balaban J connectivity index is 2.21. The number of benzene rings is 1. The standard InChI is InChI=1S/C14H18N2O2S/c1-14(2)7-9-16(10-8-14)19(17,18)13-5-3-12(11-15)4-6-13/h3-6H,7-10H2,1-2H3. The lowest BCUT2D eigenvalue weighted by molar-refractivity contribution is 0.196. The van der Waals surface area contributed by atoms with E-state index in [1.165, 1.54) is 12.1 Å². The van der Waals surface area contributed by atoms with E-state index in [0.29, 0.717) is 18.7 Å². The Bertz CT molecular complexity index is 587. The van der Waals surface area contributed by atoms with Crippen LogP contribution in [0.1, 0.15) is 32.3 Å². The van der Waals surface area contributed by atoms with Gasteiger partial charge in [0.05, 0.1) is 16.5 Å². The highest BCUT2D eigenvalue weighted by Gasteiger charge is 2.32. The molecule has 19 heavy (non-hydrogen) atoms. The van der Waals surface area contributed by atoms with Crippen LogP contribution in [0.4, 0.5) is 0 Å². The first-order valence-electron chi connectivity index (χ1n) is 6.35. The fourth-order valence-corrected chi connectivity index (χ4v) is 3.62. The number of sulfonamides is 1. The van der Waals surface area contributed by atoms with Gasteiger partial charge in [-0.2, -0.15) is 9.57 Å². The lowest BCUT2D eigenvalue weighted by Crippen LogP contribution is -2.41. The van der Waals surface area contributed by atoms with Crippen LogP contribution in [0.5, 0.6) is 0 Å². The summed E-state index contributed by atoms with van der Waals surface area (Å²) in [5, 5.41) is 8.73. The molecule has 0 radical (unpaired) electrons. The quantitative estimate of drug-likeness (QED) is 0.834. The number of nitrogens with zero attached hydrogens (tertiary/aromatic N) is 2. The SMILES string of the molecule is CC1(C)CCN(S(=O)(=O)c2ccc(C#N)cc2)CC1. The molecule has 0 N–H and O–H groups in total. The second-order valence-corrected chi connectivity index (χ2v) is 7.64. The number of hydrogen-bond donors (Lipinski definition) is 0. The molecule has 4 nitrogen and oxygen atoms in total. The third-order valence-electron chi connectivity index (χ3n) is 3.70. The number of hydrogen-bond acceptors (Lipinski definition) is 3. The predicted octanol–water partition coefficient (Wildman–Crippen LogP) is 2.37.